The van der Waals surface area contributed by atoms with E-state index in [4.69, 9.17) is 5.26 Å². The first-order valence-electron chi connectivity index (χ1n) is 5.58. The minimum Gasteiger partial charge on any atom is -0.312 e. The fourth-order valence-corrected chi connectivity index (χ4v) is 1.82. The molecule has 78 valence electrons. The number of rotatable bonds is 4. The van der Waals surface area contributed by atoms with Gasteiger partial charge in [-0.15, -0.1) is 0 Å². The highest BCUT2D eigenvalue weighted by molar-refractivity contribution is 5.25. The maximum absolute atomic E-state index is 9.09. The van der Waals surface area contributed by atoms with Gasteiger partial charge in [0.15, 0.2) is 0 Å². The first-order valence-corrected chi connectivity index (χ1v) is 5.58. The molecule has 1 aliphatic carbocycles. The molecule has 1 N–H and O–H groups in total. The van der Waals surface area contributed by atoms with Gasteiger partial charge >= 0.3 is 0 Å². The summed E-state index contributed by atoms with van der Waals surface area (Å²) >= 11 is 0. The Morgan fingerprint density at radius 2 is 2.07 bits per heavy atom. The summed E-state index contributed by atoms with van der Waals surface area (Å²) in [6.45, 7) is 0.783. The van der Waals surface area contributed by atoms with Gasteiger partial charge < -0.3 is 5.32 Å². The minimum atomic E-state index is -0.00759. The summed E-state index contributed by atoms with van der Waals surface area (Å²) in [6, 6.07) is 13.0. The van der Waals surface area contributed by atoms with E-state index in [1.54, 1.807) is 0 Å². The number of nitrogens with one attached hydrogen (secondary N) is 1. The molecule has 1 aromatic rings. The molecule has 0 aliphatic heterocycles. The molecule has 0 heterocycles. The second-order valence-corrected chi connectivity index (χ2v) is 4.13. The number of hydrogen-bond acceptors (Lipinski definition) is 2. The molecule has 0 aromatic heterocycles. The van der Waals surface area contributed by atoms with Crippen molar-refractivity contribution in [1.29, 1.82) is 5.26 Å². The van der Waals surface area contributed by atoms with Crippen molar-refractivity contribution in [3.05, 3.63) is 35.9 Å². The van der Waals surface area contributed by atoms with E-state index in [1.165, 1.54) is 19.3 Å². The molecule has 0 amide bonds. The number of hydrogen-bond donors (Lipinski definition) is 1. The van der Waals surface area contributed by atoms with Gasteiger partial charge in [0.1, 0.15) is 0 Å². The quantitative estimate of drug-likeness (QED) is 0.810. The first kappa shape index (κ1) is 10.2. The molecule has 1 aromatic carbocycles. The van der Waals surface area contributed by atoms with Gasteiger partial charge in [0.25, 0.3) is 0 Å². The van der Waals surface area contributed by atoms with Crippen LogP contribution in [0.15, 0.2) is 30.3 Å². The lowest BCUT2D eigenvalue weighted by molar-refractivity contribution is 0.338. The van der Waals surface area contributed by atoms with Gasteiger partial charge in [-0.1, -0.05) is 36.8 Å². The average Bonchev–Trinajstić information content (AvgIpc) is 2.23. The van der Waals surface area contributed by atoms with Crippen LogP contribution in [0.25, 0.3) is 0 Å². The molecular formula is C13H16N2. The van der Waals surface area contributed by atoms with Crippen molar-refractivity contribution in [3.8, 4) is 6.07 Å². The van der Waals surface area contributed by atoms with Crippen LogP contribution in [0.5, 0.6) is 0 Å². The minimum absolute atomic E-state index is 0.00759. The lowest BCUT2D eigenvalue weighted by Crippen LogP contribution is -2.37. The summed E-state index contributed by atoms with van der Waals surface area (Å²) in [7, 11) is 0. The number of nitrogens with zero attached hydrogens (tertiary/aromatic N) is 1. The van der Waals surface area contributed by atoms with Gasteiger partial charge in [0.2, 0.25) is 0 Å². The van der Waals surface area contributed by atoms with Crippen molar-refractivity contribution in [2.75, 3.05) is 6.54 Å². The second kappa shape index (κ2) is 4.95. The summed E-state index contributed by atoms with van der Waals surface area (Å²) in [5.74, 6) is -0.00759. The normalized spacial score (nSPS) is 17.8. The van der Waals surface area contributed by atoms with Gasteiger partial charge in [-0.25, -0.2) is 0 Å². The van der Waals surface area contributed by atoms with Gasteiger partial charge in [-0.05, 0) is 18.4 Å². The number of benzene rings is 1. The van der Waals surface area contributed by atoms with E-state index in [9.17, 15) is 0 Å². The fraction of sp³-hybridized carbons (Fsp3) is 0.462. The van der Waals surface area contributed by atoms with Crippen molar-refractivity contribution >= 4 is 0 Å². The standard InChI is InChI=1S/C13H16N2/c14-9-12(10-15-13-7-4-8-13)11-5-2-1-3-6-11/h1-3,5-6,12-13,15H,4,7-8,10H2. The van der Waals surface area contributed by atoms with Crippen LogP contribution >= 0.6 is 0 Å². The Balaban J connectivity index is 1.90. The Hall–Kier alpha value is -1.33. The Bertz CT molecular complexity index is 335. The molecule has 0 bridgehead atoms. The predicted molar refractivity (Wildman–Crippen MR) is 60.4 cm³/mol. The van der Waals surface area contributed by atoms with Gasteiger partial charge in [-0.3, -0.25) is 0 Å². The molecular weight excluding hydrogens is 184 g/mol. The monoisotopic (exact) mass is 200 g/mol. The Kier molecular flexibility index (Phi) is 3.37. The molecule has 0 radical (unpaired) electrons. The molecule has 0 saturated heterocycles. The van der Waals surface area contributed by atoms with Crippen LogP contribution in [-0.4, -0.2) is 12.6 Å². The highest BCUT2D eigenvalue weighted by Gasteiger charge is 2.18. The molecule has 1 saturated carbocycles. The van der Waals surface area contributed by atoms with Crippen molar-refractivity contribution in [2.45, 2.75) is 31.2 Å². The van der Waals surface area contributed by atoms with Crippen LogP contribution in [0, 0.1) is 11.3 Å². The third kappa shape index (κ3) is 2.57. The summed E-state index contributed by atoms with van der Waals surface area (Å²) in [6.07, 6.45) is 3.88. The molecule has 1 fully saturated rings. The Labute approximate surface area is 90.9 Å². The first-order chi connectivity index (χ1) is 7.40. The highest BCUT2D eigenvalue weighted by Crippen LogP contribution is 2.20. The summed E-state index contributed by atoms with van der Waals surface area (Å²) in [4.78, 5) is 0. The zero-order valence-corrected chi connectivity index (χ0v) is 8.82. The smallest absolute Gasteiger partial charge is 0.0837 e. The molecule has 1 atom stereocenters. The van der Waals surface area contributed by atoms with E-state index >= 15 is 0 Å². The van der Waals surface area contributed by atoms with E-state index in [2.05, 4.69) is 11.4 Å². The maximum atomic E-state index is 9.09. The van der Waals surface area contributed by atoms with E-state index in [-0.39, 0.29) is 5.92 Å². The fourth-order valence-electron chi connectivity index (χ4n) is 1.82. The van der Waals surface area contributed by atoms with Crippen molar-refractivity contribution in [3.63, 3.8) is 0 Å². The zero-order chi connectivity index (χ0) is 10.5. The molecule has 1 aliphatic rings. The molecule has 15 heavy (non-hydrogen) atoms. The van der Waals surface area contributed by atoms with E-state index in [0.29, 0.717) is 6.04 Å². The summed E-state index contributed by atoms with van der Waals surface area (Å²) < 4.78 is 0. The van der Waals surface area contributed by atoms with Crippen molar-refractivity contribution in [1.82, 2.24) is 5.32 Å². The van der Waals surface area contributed by atoms with E-state index in [0.717, 1.165) is 12.1 Å². The number of nitriles is 1. The zero-order valence-electron chi connectivity index (χ0n) is 8.82. The van der Waals surface area contributed by atoms with Crippen LogP contribution in [0.2, 0.25) is 0 Å². The van der Waals surface area contributed by atoms with E-state index in [1.807, 2.05) is 30.3 Å². The van der Waals surface area contributed by atoms with Crippen LogP contribution < -0.4 is 5.32 Å². The molecule has 2 nitrogen and oxygen atoms in total. The SMILES string of the molecule is N#CC(CNC1CCC1)c1ccccc1. The molecule has 1 unspecified atom stereocenters. The topological polar surface area (TPSA) is 35.8 Å². The van der Waals surface area contributed by atoms with Gasteiger partial charge in [0.05, 0.1) is 12.0 Å². The second-order valence-electron chi connectivity index (χ2n) is 4.13. The van der Waals surface area contributed by atoms with Crippen LogP contribution in [-0.2, 0) is 0 Å². The highest BCUT2D eigenvalue weighted by atomic mass is 14.9. The lowest BCUT2D eigenvalue weighted by atomic mass is 9.92. The molecule has 2 heteroatoms. The summed E-state index contributed by atoms with van der Waals surface area (Å²) in [5.41, 5.74) is 1.12. The Morgan fingerprint density at radius 3 is 2.60 bits per heavy atom. The van der Waals surface area contributed by atoms with Crippen molar-refractivity contribution in [2.24, 2.45) is 0 Å². The van der Waals surface area contributed by atoms with Gasteiger partial charge in [-0.2, -0.15) is 5.26 Å². The lowest BCUT2D eigenvalue weighted by Gasteiger charge is -2.27. The van der Waals surface area contributed by atoms with Crippen LogP contribution in [0.1, 0.15) is 30.7 Å². The Morgan fingerprint density at radius 1 is 1.33 bits per heavy atom. The molecule has 0 spiro atoms. The molecule has 2 rings (SSSR count). The predicted octanol–water partition coefficient (Wildman–Crippen LogP) is 2.44. The third-order valence-electron chi connectivity index (χ3n) is 3.07. The van der Waals surface area contributed by atoms with Crippen molar-refractivity contribution < 1.29 is 0 Å². The van der Waals surface area contributed by atoms with Crippen LogP contribution in [0.4, 0.5) is 0 Å². The third-order valence-corrected chi connectivity index (χ3v) is 3.07. The summed E-state index contributed by atoms with van der Waals surface area (Å²) in [5, 5.41) is 12.5. The average molecular weight is 200 g/mol. The van der Waals surface area contributed by atoms with E-state index < -0.39 is 0 Å². The van der Waals surface area contributed by atoms with Gasteiger partial charge in [0, 0.05) is 12.6 Å². The maximum Gasteiger partial charge on any atom is 0.0837 e. The van der Waals surface area contributed by atoms with Crippen LogP contribution in [0.3, 0.4) is 0 Å². The largest absolute Gasteiger partial charge is 0.312 e.